The van der Waals surface area contributed by atoms with Crippen molar-refractivity contribution in [3.8, 4) is 0 Å². The van der Waals surface area contributed by atoms with Gasteiger partial charge in [0.1, 0.15) is 5.69 Å². The summed E-state index contributed by atoms with van der Waals surface area (Å²) in [4.78, 5) is 14.5. The number of rotatable bonds is 4. The molecule has 0 unspecified atom stereocenters. The molecule has 3 aromatic rings. The lowest BCUT2D eigenvalue weighted by Crippen LogP contribution is -2.31. The van der Waals surface area contributed by atoms with Gasteiger partial charge in [-0.05, 0) is 12.1 Å². The highest BCUT2D eigenvalue weighted by Crippen LogP contribution is 2.29. The van der Waals surface area contributed by atoms with E-state index in [1.165, 1.54) is 0 Å². The first-order chi connectivity index (χ1) is 12.2. The van der Waals surface area contributed by atoms with E-state index >= 15 is 0 Å². The van der Waals surface area contributed by atoms with Crippen molar-refractivity contribution in [2.75, 3.05) is 20.2 Å². The van der Waals surface area contributed by atoms with Crippen LogP contribution in [0.3, 0.4) is 0 Å². The van der Waals surface area contributed by atoms with E-state index in [2.05, 4.69) is 15.5 Å². The van der Waals surface area contributed by atoms with Gasteiger partial charge in [0.2, 0.25) is 5.91 Å². The number of para-hydroxylation sites is 1. The molecule has 0 aliphatic carbocycles. The molecule has 0 spiro atoms. The summed E-state index contributed by atoms with van der Waals surface area (Å²) in [6.07, 6.45) is 1.99. The minimum absolute atomic E-state index is 0.00694. The summed E-state index contributed by atoms with van der Waals surface area (Å²) in [5, 5.41) is 13.1. The normalized spacial score (nSPS) is 20.5. The van der Waals surface area contributed by atoms with Gasteiger partial charge in [-0.3, -0.25) is 9.48 Å². The Labute approximate surface area is 144 Å². The Hall–Kier alpha value is -2.74. The van der Waals surface area contributed by atoms with Crippen molar-refractivity contribution in [2.24, 2.45) is 7.05 Å². The van der Waals surface area contributed by atoms with Crippen molar-refractivity contribution in [1.29, 1.82) is 0 Å². The van der Waals surface area contributed by atoms with Gasteiger partial charge in [0.25, 0.3) is 0 Å². The zero-order chi connectivity index (χ0) is 17.4. The lowest BCUT2D eigenvalue weighted by molar-refractivity contribution is -0.129. The number of aryl methyl sites for hydroxylation is 1. The number of hydrogen-bond acceptors (Lipinski definition) is 6. The summed E-state index contributed by atoms with van der Waals surface area (Å²) < 4.78 is 12.5. The van der Waals surface area contributed by atoms with Gasteiger partial charge in [-0.15, -0.1) is 5.10 Å². The molecule has 1 aliphatic rings. The molecule has 0 radical (unpaired) electrons. The fourth-order valence-corrected chi connectivity index (χ4v) is 3.36. The highest BCUT2D eigenvalue weighted by atomic mass is 16.5. The number of amides is 1. The quantitative estimate of drug-likeness (QED) is 0.707. The first-order valence-electron chi connectivity index (χ1n) is 8.16. The molecular formula is C17H19N5O3. The summed E-state index contributed by atoms with van der Waals surface area (Å²) in [5.74, 6) is 0.0317. The zero-order valence-electron chi connectivity index (χ0n) is 14.1. The molecule has 1 fully saturated rings. The van der Waals surface area contributed by atoms with E-state index in [-0.39, 0.29) is 24.3 Å². The maximum Gasteiger partial charge on any atom is 0.228 e. The lowest BCUT2D eigenvalue weighted by atomic mass is 10.0. The average Bonchev–Trinajstić information content (AvgIpc) is 3.33. The molecule has 2 atom stereocenters. The Bertz CT molecular complexity index is 902. The van der Waals surface area contributed by atoms with Crippen LogP contribution in [0, 0.1) is 0 Å². The van der Waals surface area contributed by atoms with Gasteiger partial charge in [0.15, 0.2) is 5.58 Å². The summed E-state index contributed by atoms with van der Waals surface area (Å²) in [5.41, 5.74) is 2.20. The number of hydrogen-bond donors (Lipinski definition) is 0. The molecule has 3 heterocycles. The molecule has 1 aromatic carbocycles. The third-order valence-corrected chi connectivity index (χ3v) is 4.69. The second kappa shape index (κ2) is 6.29. The molecule has 0 bridgehead atoms. The van der Waals surface area contributed by atoms with Crippen molar-refractivity contribution in [2.45, 2.75) is 18.4 Å². The lowest BCUT2D eigenvalue weighted by Gasteiger charge is -2.15. The van der Waals surface area contributed by atoms with Gasteiger partial charge in [0.05, 0.1) is 24.1 Å². The minimum Gasteiger partial charge on any atom is -0.379 e. The SMILES string of the molecule is CO[C@@H]1CN(C(=O)Cc2noc3ccccc23)C[C@H]1c1cn(C)nn1. The Morgan fingerprint density at radius 2 is 2.20 bits per heavy atom. The van der Waals surface area contributed by atoms with Crippen LogP contribution in [0.1, 0.15) is 17.3 Å². The molecule has 4 rings (SSSR count). The molecule has 8 heteroatoms. The van der Waals surface area contributed by atoms with Crippen molar-refractivity contribution < 1.29 is 14.1 Å². The summed E-state index contributed by atoms with van der Waals surface area (Å²) in [7, 11) is 3.49. The van der Waals surface area contributed by atoms with Crippen LogP contribution >= 0.6 is 0 Å². The Morgan fingerprint density at radius 1 is 1.36 bits per heavy atom. The molecule has 2 aromatic heterocycles. The fraction of sp³-hybridized carbons (Fsp3) is 0.412. The van der Waals surface area contributed by atoms with E-state index < -0.39 is 0 Å². The maximum absolute atomic E-state index is 12.7. The van der Waals surface area contributed by atoms with Crippen molar-refractivity contribution >= 4 is 16.9 Å². The second-order valence-corrected chi connectivity index (χ2v) is 6.30. The number of carbonyl (C=O) groups excluding carboxylic acids is 1. The van der Waals surface area contributed by atoms with E-state index in [1.54, 1.807) is 16.7 Å². The third-order valence-electron chi connectivity index (χ3n) is 4.69. The van der Waals surface area contributed by atoms with Gasteiger partial charge in [-0.2, -0.15) is 0 Å². The summed E-state index contributed by atoms with van der Waals surface area (Å²) in [6, 6.07) is 7.55. The number of fused-ring (bicyclic) bond motifs is 1. The average molecular weight is 341 g/mol. The highest BCUT2D eigenvalue weighted by Gasteiger charge is 2.38. The Morgan fingerprint density at radius 3 is 2.96 bits per heavy atom. The van der Waals surface area contributed by atoms with Crippen molar-refractivity contribution in [1.82, 2.24) is 25.1 Å². The van der Waals surface area contributed by atoms with E-state index in [0.29, 0.717) is 24.4 Å². The molecule has 1 amide bonds. The summed E-state index contributed by atoms with van der Waals surface area (Å²) >= 11 is 0. The Balaban J connectivity index is 1.51. The number of likely N-dealkylation sites (tertiary alicyclic amines) is 1. The number of ether oxygens (including phenoxy) is 1. The molecule has 1 aliphatic heterocycles. The monoisotopic (exact) mass is 341 g/mol. The van der Waals surface area contributed by atoms with E-state index in [0.717, 1.165) is 11.1 Å². The zero-order valence-corrected chi connectivity index (χ0v) is 14.1. The predicted molar refractivity (Wildman–Crippen MR) is 88.8 cm³/mol. The number of methoxy groups -OCH3 is 1. The van der Waals surface area contributed by atoms with Crippen molar-refractivity contribution in [3.63, 3.8) is 0 Å². The molecule has 8 nitrogen and oxygen atoms in total. The molecular weight excluding hydrogens is 322 g/mol. The standard InChI is InChI=1S/C17H19N5O3/c1-21-9-14(18-20-21)12-8-22(10-16(12)24-2)17(23)7-13-11-5-3-4-6-15(11)25-19-13/h3-6,9,12,16H,7-8,10H2,1-2H3/t12-,16+/m0/s1. The van der Waals surface area contributed by atoms with Gasteiger partial charge in [-0.1, -0.05) is 22.5 Å². The third kappa shape index (κ3) is 2.89. The highest BCUT2D eigenvalue weighted by molar-refractivity contribution is 5.86. The predicted octanol–water partition coefficient (Wildman–Crippen LogP) is 1.14. The smallest absolute Gasteiger partial charge is 0.228 e. The van der Waals surface area contributed by atoms with E-state index in [9.17, 15) is 4.79 Å². The van der Waals surface area contributed by atoms with Crippen LogP contribution in [0.25, 0.3) is 11.0 Å². The Kier molecular flexibility index (Phi) is 3.96. The summed E-state index contributed by atoms with van der Waals surface area (Å²) in [6.45, 7) is 1.10. The van der Waals surface area contributed by atoms with Crippen LogP contribution in [0.4, 0.5) is 0 Å². The fourth-order valence-electron chi connectivity index (χ4n) is 3.36. The molecule has 130 valence electrons. The molecule has 1 saturated heterocycles. The first kappa shape index (κ1) is 15.8. The minimum atomic E-state index is -0.0882. The molecule has 0 N–H and O–H groups in total. The van der Waals surface area contributed by atoms with Gasteiger partial charge in [-0.25, -0.2) is 0 Å². The van der Waals surface area contributed by atoms with Gasteiger partial charge in [0, 0.05) is 38.8 Å². The first-order valence-corrected chi connectivity index (χ1v) is 8.16. The largest absolute Gasteiger partial charge is 0.379 e. The van der Waals surface area contributed by atoms with Crippen LogP contribution in [0.15, 0.2) is 35.0 Å². The van der Waals surface area contributed by atoms with E-state index in [4.69, 9.17) is 9.26 Å². The van der Waals surface area contributed by atoms with Crippen LogP contribution in [-0.4, -0.2) is 57.3 Å². The van der Waals surface area contributed by atoms with Crippen LogP contribution < -0.4 is 0 Å². The van der Waals surface area contributed by atoms with Gasteiger partial charge >= 0.3 is 0 Å². The number of carbonyl (C=O) groups is 1. The van der Waals surface area contributed by atoms with Crippen LogP contribution in [0.5, 0.6) is 0 Å². The van der Waals surface area contributed by atoms with Crippen LogP contribution in [-0.2, 0) is 23.0 Å². The van der Waals surface area contributed by atoms with Gasteiger partial charge < -0.3 is 14.2 Å². The number of nitrogens with zero attached hydrogens (tertiary/aromatic N) is 5. The second-order valence-electron chi connectivity index (χ2n) is 6.30. The van der Waals surface area contributed by atoms with Crippen LogP contribution in [0.2, 0.25) is 0 Å². The number of benzene rings is 1. The molecule has 25 heavy (non-hydrogen) atoms. The molecule has 0 saturated carbocycles. The van der Waals surface area contributed by atoms with E-state index in [1.807, 2.05) is 37.5 Å². The maximum atomic E-state index is 12.7. The topological polar surface area (TPSA) is 86.3 Å². The number of aromatic nitrogens is 4. The van der Waals surface area contributed by atoms with Crippen molar-refractivity contribution in [3.05, 3.63) is 41.9 Å².